The molecule has 1 heterocycles. The van der Waals surface area contributed by atoms with Gasteiger partial charge in [-0.1, -0.05) is 18.2 Å². The van der Waals surface area contributed by atoms with E-state index < -0.39 is 0 Å². The summed E-state index contributed by atoms with van der Waals surface area (Å²) < 4.78 is 1.24. The zero-order valence-electron chi connectivity index (χ0n) is 7.21. The van der Waals surface area contributed by atoms with Gasteiger partial charge in [-0.3, -0.25) is 5.10 Å². The number of hydrogen-bond donors (Lipinski definition) is 1. The van der Waals surface area contributed by atoms with E-state index in [1.54, 1.807) is 0 Å². The van der Waals surface area contributed by atoms with Crippen LogP contribution in [0.5, 0.6) is 0 Å². The molecule has 2 nitrogen and oxygen atoms in total. The summed E-state index contributed by atoms with van der Waals surface area (Å²) in [6.45, 7) is 2.06. The third-order valence-electron chi connectivity index (χ3n) is 1.97. The molecular weight excluding hydrogens is 275 g/mol. The van der Waals surface area contributed by atoms with Crippen LogP contribution in [-0.4, -0.2) is 10.2 Å². The Labute approximate surface area is 90.5 Å². The Morgan fingerprint density at radius 1 is 1.31 bits per heavy atom. The van der Waals surface area contributed by atoms with Gasteiger partial charge >= 0.3 is 0 Å². The van der Waals surface area contributed by atoms with Crippen molar-refractivity contribution < 1.29 is 0 Å². The number of hydrogen-bond acceptors (Lipinski definition) is 1. The molecular formula is C10H9IN2. The number of nitrogens with one attached hydrogen (secondary N) is 1. The van der Waals surface area contributed by atoms with E-state index in [4.69, 9.17) is 0 Å². The number of aryl methyl sites for hydroxylation is 1. The Morgan fingerprint density at radius 3 is 2.69 bits per heavy atom. The number of benzene rings is 1. The molecule has 1 aromatic carbocycles. The lowest BCUT2D eigenvalue weighted by Gasteiger charge is -2.01. The van der Waals surface area contributed by atoms with Gasteiger partial charge in [-0.15, -0.1) is 0 Å². The molecule has 0 aliphatic rings. The number of aromatic nitrogens is 2. The van der Waals surface area contributed by atoms with Crippen molar-refractivity contribution in [1.82, 2.24) is 10.2 Å². The largest absolute Gasteiger partial charge is 0.278 e. The highest BCUT2D eigenvalue weighted by molar-refractivity contribution is 14.1. The van der Waals surface area contributed by atoms with E-state index in [0.29, 0.717) is 0 Å². The molecule has 0 bridgehead atoms. The molecule has 0 spiro atoms. The fraction of sp³-hybridized carbons (Fsp3) is 0.100. The predicted octanol–water partition coefficient (Wildman–Crippen LogP) is 2.99. The standard InChI is InChI=1S/C10H9IN2/c1-7-6-12-13-10(7)8-4-2-3-5-9(8)11/h2-6H,1H3,(H,12,13). The van der Waals surface area contributed by atoms with Crippen molar-refractivity contribution in [2.45, 2.75) is 6.92 Å². The van der Waals surface area contributed by atoms with Crippen LogP contribution in [0.4, 0.5) is 0 Å². The van der Waals surface area contributed by atoms with Gasteiger partial charge in [0, 0.05) is 9.13 Å². The first-order valence-electron chi connectivity index (χ1n) is 4.04. The molecule has 66 valence electrons. The number of H-pyrrole nitrogens is 1. The van der Waals surface area contributed by atoms with E-state index in [9.17, 15) is 0 Å². The lowest BCUT2D eigenvalue weighted by atomic mass is 10.1. The Morgan fingerprint density at radius 2 is 2.08 bits per heavy atom. The summed E-state index contributed by atoms with van der Waals surface area (Å²) in [5.74, 6) is 0. The molecule has 0 atom stereocenters. The summed E-state index contributed by atoms with van der Waals surface area (Å²) in [6, 6.07) is 8.27. The third-order valence-corrected chi connectivity index (χ3v) is 2.91. The van der Waals surface area contributed by atoms with Crippen LogP contribution in [0.15, 0.2) is 30.5 Å². The highest BCUT2D eigenvalue weighted by atomic mass is 127. The highest BCUT2D eigenvalue weighted by Gasteiger charge is 2.05. The second-order valence-electron chi connectivity index (χ2n) is 2.91. The molecule has 13 heavy (non-hydrogen) atoms. The zero-order chi connectivity index (χ0) is 9.26. The molecule has 0 saturated carbocycles. The molecule has 0 unspecified atom stereocenters. The fourth-order valence-electron chi connectivity index (χ4n) is 1.28. The number of rotatable bonds is 1. The van der Waals surface area contributed by atoms with Crippen molar-refractivity contribution >= 4 is 22.6 Å². The number of halogens is 1. The normalized spacial score (nSPS) is 10.3. The lowest BCUT2D eigenvalue weighted by Crippen LogP contribution is -1.84. The van der Waals surface area contributed by atoms with Crippen LogP contribution in [0.1, 0.15) is 5.56 Å². The van der Waals surface area contributed by atoms with Crippen molar-refractivity contribution in [2.75, 3.05) is 0 Å². The summed E-state index contributed by atoms with van der Waals surface area (Å²) in [5.41, 5.74) is 3.52. The minimum Gasteiger partial charge on any atom is -0.278 e. The van der Waals surface area contributed by atoms with Gasteiger partial charge in [0.2, 0.25) is 0 Å². The molecule has 2 aromatic rings. The third kappa shape index (κ3) is 1.60. The summed E-state index contributed by atoms with van der Waals surface area (Å²) >= 11 is 2.33. The maximum Gasteiger partial charge on any atom is 0.0689 e. The first kappa shape index (κ1) is 8.74. The van der Waals surface area contributed by atoms with Gasteiger partial charge in [0.15, 0.2) is 0 Å². The Balaban J connectivity index is 2.59. The molecule has 0 aliphatic carbocycles. The van der Waals surface area contributed by atoms with E-state index in [1.165, 1.54) is 14.7 Å². The molecule has 0 fully saturated rings. The van der Waals surface area contributed by atoms with Gasteiger partial charge in [-0.05, 0) is 41.1 Å². The zero-order valence-corrected chi connectivity index (χ0v) is 9.37. The van der Waals surface area contributed by atoms with Crippen LogP contribution in [-0.2, 0) is 0 Å². The summed E-state index contributed by atoms with van der Waals surface area (Å²) in [7, 11) is 0. The second kappa shape index (κ2) is 3.49. The van der Waals surface area contributed by atoms with Crippen LogP contribution in [0.3, 0.4) is 0 Å². The smallest absolute Gasteiger partial charge is 0.0689 e. The Bertz CT molecular complexity index is 420. The molecule has 1 aromatic heterocycles. The second-order valence-corrected chi connectivity index (χ2v) is 4.07. The average molecular weight is 284 g/mol. The van der Waals surface area contributed by atoms with Gasteiger partial charge in [0.1, 0.15) is 0 Å². The minimum atomic E-state index is 1.12. The maximum absolute atomic E-state index is 4.01. The molecule has 2 rings (SSSR count). The van der Waals surface area contributed by atoms with Crippen molar-refractivity contribution in [1.29, 1.82) is 0 Å². The summed E-state index contributed by atoms with van der Waals surface area (Å²) in [5, 5.41) is 7.02. The summed E-state index contributed by atoms with van der Waals surface area (Å²) in [6.07, 6.45) is 1.85. The predicted molar refractivity (Wildman–Crippen MR) is 61.5 cm³/mol. The van der Waals surface area contributed by atoms with E-state index >= 15 is 0 Å². The van der Waals surface area contributed by atoms with Crippen molar-refractivity contribution in [3.63, 3.8) is 0 Å². The van der Waals surface area contributed by atoms with E-state index in [2.05, 4.69) is 51.8 Å². The topological polar surface area (TPSA) is 28.7 Å². The van der Waals surface area contributed by atoms with Crippen molar-refractivity contribution in [3.05, 3.63) is 39.6 Å². The van der Waals surface area contributed by atoms with Crippen LogP contribution in [0.25, 0.3) is 11.3 Å². The van der Waals surface area contributed by atoms with Crippen LogP contribution < -0.4 is 0 Å². The Hall–Kier alpha value is -0.840. The van der Waals surface area contributed by atoms with Crippen LogP contribution in [0.2, 0.25) is 0 Å². The Kier molecular flexibility index (Phi) is 2.35. The van der Waals surface area contributed by atoms with Gasteiger partial charge in [-0.2, -0.15) is 5.10 Å². The highest BCUT2D eigenvalue weighted by Crippen LogP contribution is 2.25. The monoisotopic (exact) mass is 284 g/mol. The molecule has 3 heteroatoms. The molecule has 0 radical (unpaired) electrons. The van der Waals surface area contributed by atoms with Gasteiger partial charge in [-0.25, -0.2) is 0 Å². The van der Waals surface area contributed by atoms with Gasteiger partial charge in [0.25, 0.3) is 0 Å². The maximum atomic E-state index is 4.01. The lowest BCUT2D eigenvalue weighted by molar-refractivity contribution is 1.09. The molecule has 1 N–H and O–H groups in total. The molecule has 0 aliphatic heterocycles. The van der Waals surface area contributed by atoms with Crippen molar-refractivity contribution in [2.24, 2.45) is 0 Å². The quantitative estimate of drug-likeness (QED) is 0.801. The molecule has 0 amide bonds. The molecule has 0 saturated heterocycles. The van der Waals surface area contributed by atoms with Gasteiger partial charge < -0.3 is 0 Å². The van der Waals surface area contributed by atoms with Gasteiger partial charge in [0.05, 0.1) is 11.9 Å². The average Bonchev–Trinajstić information content (AvgIpc) is 2.52. The van der Waals surface area contributed by atoms with Crippen LogP contribution in [0, 0.1) is 10.5 Å². The SMILES string of the molecule is Cc1cn[nH]c1-c1ccccc1I. The number of aromatic amines is 1. The number of nitrogens with zero attached hydrogens (tertiary/aromatic N) is 1. The first-order chi connectivity index (χ1) is 6.29. The van der Waals surface area contributed by atoms with Crippen molar-refractivity contribution in [3.8, 4) is 11.3 Å². The summed E-state index contributed by atoms with van der Waals surface area (Å²) in [4.78, 5) is 0. The fourth-order valence-corrected chi connectivity index (χ4v) is 1.94. The van der Waals surface area contributed by atoms with E-state index in [0.717, 1.165) is 5.69 Å². The van der Waals surface area contributed by atoms with E-state index in [-0.39, 0.29) is 0 Å². The van der Waals surface area contributed by atoms with E-state index in [1.807, 2.05) is 18.3 Å². The van der Waals surface area contributed by atoms with Crippen LogP contribution >= 0.6 is 22.6 Å². The minimum absolute atomic E-state index is 1.12. The first-order valence-corrected chi connectivity index (χ1v) is 5.12.